The van der Waals surface area contributed by atoms with E-state index in [0.29, 0.717) is 5.75 Å². The maximum atomic E-state index is 12.0. The number of aryl methyl sites for hydroxylation is 2. The molecule has 0 aliphatic heterocycles. The second kappa shape index (κ2) is 6.96. The van der Waals surface area contributed by atoms with E-state index in [1.54, 1.807) is 17.7 Å². The quantitative estimate of drug-likeness (QED) is 0.670. The van der Waals surface area contributed by atoms with Crippen molar-refractivity contribution in [1.82, 2.24) is 15.3 Å². The third-order valence-corrected chi connectivity index (χ3v) is 6.27. The van der Waals surface area contributed by atoms with Crippen molar-refractivity contribution in [3.8, 4) is 0 Å². The van der Waals surface area contributed by atoms with Crippen LogP contribution in [-0.4, -0.2) is 27.7 Å². The number of thioether (sulfide) groups is 1. The number of amides is 1. The van der Waals surface area contributed by atoms with Gasteiger partial charge < -0.3 is 5.32 Å². The van der Waals surface area contributed by atoms with Crippen LogP contribution < -0.4 is 5.32 Å². The van der Waals surface area contributed by atoms with Gasteiger partial charge in [0.05, 0.1) is 5.75 Å². The Kier molecular flexibility index (Phi) is 4.98. The molecular weight excluding hydrogens is 314 g/mol. The summed E-state index contributed by atoms with van der Waals surface area (Å²) in [4.78, 5) is 23.4. The molecule has 0 bridgehead atoms. The standard InChI is InChI=1S/C16H21N3OS2/c1-3-10(2)19-13(20)8-21-15-14-11-6-4-5-7-12(11)22-16(14)18-9-17-15/h9-10H,3-8H2,1-2H3,(H,19,20). The van der Waals surface area contributed by atoms with Crippen molar-refractivity contribution in [2.24, 2.45) is 0 Å². The summed E-state index contributed by atoms with van der Waals surface area (Å²) in [6.07, 6.45) is 7.37. The van der Waals surface area contributed by atoms with Gasteiger partial charge in [-0.15, -0.1) is 11.3 Å². The van der Waals surface area contributed by atoms with Crippen LogP contribution in [0, 0.1) is 0 Å². The van der Waals surface area contributed by atoms with Gasteiger partial charge in [0.1, 0.15) is 16.2 Å². The summed E-state index contributed by atoms with van der Waals surface area (Å²) >= 11 is 3.33. The molecule has 0 fully saturated rings. The van der Waals surface area contributed by atoms with Crippen LogP contribution in [0.2, 0.25) is 0 Å². The summed E-state index contributed by atoms with van der Waals surface area (Å²) < 4.78 is 0. The minimum atomic E-state index is 0.0789. The first-order valence-corrected chi connectivity index (χ1v) is 9.66. The van der Waals surface area contributed by atoms with E-state index in [-0.39, 0.29) is 11.9 Å². The summed E-state index contributed by atoms with van der Waals surface area (Å²) in [6, 6.07) is 0.229. The number of rotatable bonds is 5. The summed E-state index contributed by atoms with van der Waals surface area (Å²) in [5.74, 6) is 0.497. The first-order chi connectivity index (χ1) is 10.7. The van der Waals surface area contributed by atoms with Crippen LogP contribution in [0.4, 0.5) is 0 Å². The van der Waals surface area contributed by atoms with Crippen LogP contribution in [-0.2, 0) is 17.6 Å². The van der Waals surface area contributed by atoms with Gasteiger partial charge in [0.2, 0.25) is 5.91 Å². The summed E-state index contributed by atoms with van der Waals surface area (Å²) in [7, 11) is 0. The Labute approximate surface area is 139 Å². The minimum absolute atomic E-state index is 0.0789. The van der Waals surface area contributed by atoms with Gasteiger partial charge in [0.25, 0.3) is 0 Å². The number of carbonyl (C=O) groups excluding carboxylic acids is 1. The minimum Gasteiger partial charge on any atom is -0.353 e. The molecule has 2 aromatic heterocycles. The van der Waals surface area contributed by atoms with Crippen LogP contribution in [0.1, 0.15) is 43.6 Å². The second-order valence-electron chi connectivity index (χ2n) is 5.74. The van der Waals surface area contributed by atoms with Crippen LogP contribution in [0.15, 0.2) is 11.4 Å². The molecule has 0 spiro atoms. The van der Waals surface area contributed by atoms with Crippen molar-refractivity contribution in [2.75, 3.05) is 5.75 Å². The van der Waals surface area contributed by atoms with E-state index in [1.165, 1.54) is 40.4 Å². The Morgan fingerprint density at radius 3 is 3.05 bits per heavy atom. The molecule has 3 rings (SSSR count). The average molecular weight is 335 g/mol. The number of thiophene rings is 1. The van der Waals surface area contributed by atoms with Gasteiger partial charge in [0.15, 0.2) is 0 Å². The molecule has 0 saturated heterocycles. The monoisotopic (exact) mass is 335 g/mol. The molecule has 1 N–H and O–H groups in total. The number of fused-ring (bicyclic) bond motifs is 3. The van der Waals surface area contributed by atoms with Crippen molar-refractivity contribution in [1.29, 1.82) is 0 Å². The van der Waals surface area contributed by atoms with E-state index in [2.05, 4.69) is 22.2 Å². The van der Waals surface area contributed by atoms with Gasteiger partial charge in [-0.05, 0) is 44.6 Å². The summed E-state index contributed by atoms with van der Waals surface area (Å²) in [5, 5.41) is 5.16. The maximum Gasteiger partial charge on any atom is 0.230 e. The molecule has 6 heteroatoms. The second-order valence-corrected chi connectivity index (χ2v) is 7.78. The summed E-state index contributed by atoms with van der Waals surface area (Å²) in [5.41, 5.74) is 1.43. The highest BCUT2D eigenvalue weighted by Crippen LogP contribution is 2.39. The molecule has 0 radical (unpaired) electrons. The number of carbonyl (C=O) groups is 1. The number of hydrogen-bond acceptors (Lipinski definition) is 5. The predicted molar refractivity (Wildman–Crippen MR) is 92.7 cm³/mol. The first-order valence-electron chi connectivity index (χ1n) is 7.86. The predicted octanol–water partition coefficient (Wildman–Crippen LogP) is 3.58. The van der Waals surface area contributed by atoms with Crippen LogP contribution >= 0.6 is 23.1 Å². The molecule has 1 aliphatic carbocycles. The van der Waals surface area contributed by atoms with Crippen molar-refractivity contribution < 1.29 is 4.79 Å². The van der Waals surface area contributed by atoms with E-state index in [4.69, 9.17) is 0 Å². The van der Waals surface area contributed by atoms with Gasteiger partial charge in [-0.3, -0.25) is 4.79 Å². The number of nitrogens with zero attached hydrogens (tertiary/aromatic N) is 2. The van der Waals surface area contributed by atoms with Crippen LogP contribution in [0.5, 0.6) is 0 Å². The fourth-order valence-electron chi connectivity index (χ4n) is 2.72. The highest BCUT2D eigenvalue weighted by Gasteiger charge is 2.20. The Morgan fingerprint density at radius 2 is 2.23 bits per heavy atom. The lowest BCUT2D eigenvalue weighted by Crippen LogP contribution is -2.33. The zero-order chi connectivity index (χ0) is 15.5. The zero-order valence-corrected chi connectivity index (χ0v) is 14.6. The van der Waals surface area contributed by atoms with Gasteiger partial charge in [-0.25, -0.2) is 9.97 Å². The van der Waals surface area contributed by atoms with Gasteiger partial charge in [-0.2, -0.15) is 0 Å². The molecule has 1 aliphatic rings. The van der Waals surface area contributed by atoms with E-state index in [0.717, 1.165) is 29.1 Å². The highest BCUT2D eigenvalue weighted by atomic mass is 32.2. The lowest BCUT2D eigenvalue weighted by Gasteiger charge is -2.12. The third kappa shape index (κ3) is 3.27. The molecule has 2 heterocycles. The Balaban J connectivity index is 1.79. The molecule has 4 nitrogen and oxygen atoms in total. The molecule has 22 heavy (non-hydrogen) atoms. The molecule has 0 aromatic carbocycles. The summed E-state index contributed by atoms with van der Waals surface area (Å²) in [6.45, 7) is 4.10. The van der Waals surface area contributed by atoms with Crippen molar-refractivity contribution in [3.05, 3.63) is 16.8 Å². The first kappa shape index (κ1) is 15.7. The van der Waals surface area contributed by atoms with Gasteiger partial charge in [0, 0.05) is 16.3 Å². The smallest absolute Gasteiger partial charge is 0.230 e. The number of hydrogen-bond donors (Lipinski definition) is 1. The highest BCUT2D eigenvalue weighted by molar-refractivity contribution is 8.00. The molecule has 1 amide bonds. The molecule has 2 aromatic rings. The normalized spacial score (nSPS) is 15.5. The van der Waals surface area contributed by atoms with Crippen molar-refractivity contribution in [2.45, 2.75) is 57.0 Å². The van der Waals surface area contributed by atoms with E-state index < -0.39 is 0 Å². The SMILES string of the molecule is CCC(C)NC(=O)CSc1ncnc2sc3c(c12)CCCC3. The fraction of sp³-hybridized carbons (Fsp3) is 0.562. The topological polar surface area (TPSA) is 54.9 Å². The van der Waals surface area contributed by atoms with Crippen molar-refractivity contribution >= 4 is 39.2 Å². The van der Waals surface area contributed by atoms with E-state index in [9.17, 15) is 4.79 Å². The Morgan fingerprint density at radius 1 is 1.41 bits per heavy atom. The fourth-order valence-corrected chi connectivity index (χ4v) is 4.85. The largest absolute Gasteiger partial charge is 0.353 e. The zero-order valence-electron chi connectivity index (χ0n) is 13.0. The van der Waals surface area contributed by atoms with Crippen LogP contribution in [0.3, 0.4) is 0 Å². The van der Waals surface area contributed by atoms with Crippen LogP contribution in [0.25, 0.3) is 10.2 Å². The Bertz CT molecular complexity index is 683. The molecule has 1 unspecified atom stereocenters. The number of aromatic nitrogens is 2. The molecule has 118 valence electrons. The molecule has 1 atom stereocenters. The van der Waals surface area contributed by atoms with E-state index in [1.807, 2.05) is 6.92 Å². The molecular formula is C16H21N3OS2. The van der Waals surface area contributed by atoms with Gasteiger partial charge in [-0.1, -0.05) is 18.7 Å². The average Bonchev–Trinajstić information content (AvgIpc) is 2.91. The lowest BCUT2D eigenvalue weighted by molar-refractivity contribution is -0.119. The van der Waals surface area contributed by atoms with E-state index >= 15 is 0 Å². The van der Waals surface area contributed by atoms with Crippen molar-refractivity contribution in [3.63, 3.8) is 0 Å². The van der Waals surface area contributed by atoms with Gasteiger partial charge >= 0.3 is 0 Å². The Hall–Kier alpha value is -1.14. The molecule has 0 saturated carbocycles. The maximum absolute atomic E-state index is 12.0. The third-order valence-electron chi connectivity index (χ3n) is 4.08. The lowest BCUT2D eigenvalue weighted by atomic mass is 9.97. The number of nitrogens with one attached hydrogen (secondary N) is 1.